The van der Waals surface area contributed by atoms with Crippen molar-refractivity contribution in [2.24, 2.45) is 7.05 Å². The molecule has 10 heteroatoms. The summed E-state index contributed by atoms with van der Waals surface area (Å²) in [7, 11) is 1.60. The van der Waals surface area contributed by atoms with Crippen molar-refractivity contribution in [2.45, 2.75) is 18.9 Å². The molecule has 1 atom stereocenters. The molecule has 0 saturated heterocycles. The van der Waals surface area contributed by atoms with Gasteiger partial charge in [-0.15, -0.1) is 5.10 Å². The molecule has 0 aliphatic carbocycles. The number of aliphatic carboxylic acids is 1. The van der Waals surface area contributed by atoms with Crippen LogP contribution in [0.3, 0.4) is 0 Å². The maximum atomic E-state index is 13.6. The van der Waals surface area contributed by atoms with Gasteiger partial charge >= 0.3 is 5.97 Å². The first-order valence-corrected chi connectivity index (χ1v) is 9.83. The van der Waals surface area contributed by atoms with Crippen molar-refractivity contribution in [1.82, 2.24) is 20.2 Å². The van der Waals surface area contributed by atoms with Gasteiger partial charge in [0.15, 0.2) is 5.82 Å². The number of carboxylic acids is 1. The van der Waals surface area contributed by atoms with E-state index in [9.17, 15) is 23.5 Å². The molecular weight excluding hydrogens is 434 g/mol. The molecule has 0 bridgehead atoms. The lowest BCUT2D eigenvalue weighted by atomic mass is 9.91. The first-order chi connectivity index (χ1) is 15.7. The summed E-state index contributed by atoms with van der Waals surface area (Å²) in [6, 6.07) is 11.3. The Morgan fingerprint density at radius 2 is 1.58 bits per heavy atom. The second-order valence-corrected chi connectivity index (χ2v) is 7.17. The number of aliphatic hydroxyl groups is 1. The molecule has 2 aromatic carbocycles. The summed E-state index contributed by atoms with van der Waals surface area (Å²) in [5, 5.41) is 30.5. The summed E-state index contributed by atoms with van der Waals surface area (Å²) >= 11 is 0. The zero-order chi connectivity index (χ0) is 24.0. The summed E-state index contributed by atoms with van der Waals surface area (Å²) in [6.45, 7) is 0. The summed E-state index contributed by atoms with van der Waals surface area (Å²) in [5.41, 5.74) is 2.07. The van der Waals surface area contributed by atoms with E-state index in [1.165, 1.54) is 41.1 Å². The Hall–Kier alpha value is -4.05. The molecule has 0 radical (unpaired) electrons. The highest BCUT2D eigenvalue weighted by Crippen LogP contribution is 2.32. The number of Topliss-reactive ketones (excluding diaryl/α,β-unsaturated/α-hetero) is 1. The Balaban J connectivity index is 2.14. The number of halogens is 2. The monoisotopic (exact) mass is 454 g/mol. The SMILES string of the molecule is Cn1nnnc1C(/C=C/C(O)CC(=O)CC(=O)O)=C(c1ccc(F)cc1)c1ccc(F)cc1. The van der Waals surface area contributed by atoms with Crippen LogP contribution >= 0.6 is 0 Å². The summed E-state index contributed by atoms with van der Waals surface area (Å²) < 4.78 is 28.6. The van der Waals surface area contributed by atoms with E-state index in [0.717, 1.165) is 0 Å². The zero-order valence-corrected chi connectivity index (χ0v) is 17.5. The van der Waals surface area contributed by atoms with E-state index >= 15 is 0 Å². The van der Waals surface area contributed by atoms with Gasteiger partial charge in [-0.3, -0.25) is 9.59 Å². The maximum absolute atomic E-state index is 13.6. The van der Waals surface area contributed by atoms with Crippen molar-refractivity contribution in [1.29, 1.82) is 0 Å². The number of carboxylic acid groups (broad SMARTS) is 1. The normalized spacial score (nSPS) is 12.0. The largest absolute Gasteiger partial charge is 0.481 e. The van der Waals surface area contributed by atoms with Crippen LogP contribution in [0.5, 0.6) is 0 Å². The van der Waals surface area contributed by atoms with E-state index in [-0.39, 0.29) is 0 Å². The molecule has 0 amide bonds. The third-order valence-corrected chi connectivity index (χ3v) is 4.67. The number of hydrogen-bond donors (Lipinski definition) is 2. The van der Waals surface area contributed by atoms with Crippen LogP contribution in [0.15, 0.2) is 60.7 Å². The van der Waals surface area contributed by atoms with Gasteiger partial charge in [0, 0.05) is 19.0 Å². The van der Waals surface area contributed by atoms with Crippen LogP contribution in [0.2, 0.25) is 0 Å². The molecule has 1 heterocycles. The van der Waals surface area contributed by atoms with Gasteiger partial charge in [-0.2, -0.15) is 0 Å². The van der Waals surface area contributed by atoms with Gasteiger partial charge in [-0.05, 0) is 51.4 Å². The van der Waals surface area contributed by atoms with Gasteiger partial charge in [0.1, 0.15) is 23.8 Å². The Morgan fingerprint density at radius 1 is 1.03 bits per heavy atom. The fourth-order valence-electron chi connectivity index (χ4n) is 3.19. The first-order valence-electron chi connectivity index (χ1n) is 9.83. The lowest BCUT2D eigenvalue weighted by Crippen LogP contribution is -2.14. The number of tetrazole rings is 1. The van der Waals surface area contributed by atoms with E-state index in [4.69, 9.17) is 5.11 Å². The van der Waals surface area contributed by atoms with Crippen LogP contribution in [-0.4, -0.2) is 48.3 Å². The number of nitrogens with zero attached hydrogens (tertiary/aromatic N) is 4. The van der Waals surface area contributed by atoms with Crippen LogP contribution in [0.4, 0.5) is 8.78 Å². The molecule has 0 fully saturated rings. The Kier molecular flexibility index (Phi) is 7.52. The van der Waals surface area contributed by atoms with Crippen LogP contribution in [0.25, 0.3) is 11.1 Å². The van der Waals surface area contributed by atoms with Crippen molar-refractivity contribution >= 4 is 22.9 Å². The fourth-order valence-corrected chi connectivity index (χ4v) is 3.19. The summed E-state index contributed by atoms with van der Waals surface area (Å²) in [4.78, 5) is 22.4. The van der Waals surface area contributed by atoms with Crippen LogP contribution in [0, 0.1) is 11.6 Å². The molecule has 0 saturated carbocycles. The highest BCUT2D eigenvalue weighted by molar-refractivity contribution is 6.01. The molecule has 0 aliphatic rings. The number of hydrogen-bond acceptors (Lipinski definition) is 6. The lowest BCUT2D eigenvalue weighted by Gasteiger charge is -2.14. The second-order valence-electron chi connectivity index (χ2n) is 7.17. The van der Waals surface area contributed by atoms with Gasteiger partial charge < -0.3 is 10.2 Å². The lowest BCUT2D eigenvalue weighted by molar-refractivity contribution is -0.140. The third kappa shape index (κ3) is 6.23. The van der Waals surface area contributed by atoms with E-state index in [1.807, 2.05) is 0 Å². The van der Waals surface area contributed by atoms with Gasteiger partial charge in [0.2, 0.25) is 0 Å². The van der Waals surface area contributed by atoms with E-state index in [2.05, 4.69) is 15.5 Å². The second kappa shape index (κ2) is 10.5. The highest BCUT2D eigenvalue weighted by atomic mass is 19.1. The van der Waals surface area contributed by atoms with Crippen LogP contribution < -0.4 is 0 Å². The number of aromatic nitrogens is 4. The molecule has 3 aromatic rings. The Morgan fingerprint density at radius 3 is 2.03 bits per heavy atom. The minimum atomic E-state index is -1.28. The number of rotatable bonds is 9. The average molecular weight is 454 g/mol. The van der Waals surface area contributed by atoms with Crippen molar-refractivity contribution in [3.63, 3.8) is 0 Å². The summed E-state index contributed by atoms with van der Waals surface area (Å²) in [6.07, 6.45) is 0.450. The maximum Gasteiger partial charge on any atom is 0.310 e. The average Bonchev–Trinajstić information content (AvgIpc) is 3.18. The number of carbonyl (C=O) groups excluding carboxylic acids is 1. The smallest absolute Gasteiger partial charge is 0.310 e. The predicted molar refractivity (Wildman–Crippen MR) is 115 cm³/mol. The first kappa shape index (κ1) is 23.6. The Bertz CT molecular complexity index is 1150. The molecule has 1 aromatic heterocycles. The van der Waals surface area contributed by atoms with Crippen LogP contribution in [0.1, 0.15) is 29.8 Å². The zero-order valence-electron chi connectivity index (χ0n) is 17.5. The quantitative estimate of drug-likeness (QED) is 0.377. The molecular formula is C23H20F2N4O4. The molecule has 0 spiro atoms. The third-order valence-electron chi connectivity index (χ3n) is 4.67. The van der Waals surface area contributed by atoms with Crippen molar-refractivity contribution in [3.8, 4) is 0 Å². The predicted octanol–water partition coefficient (Wildman–Crippen LogP) is 2.80. The molecule has 0 aliphatic heterocycles. The van der Waals surface area contributed by atoms with Crippen molar-refractivity contribution in [2.75, 3.05) is 0 Å². The minimum absolute atomic E-state index is 0.291. The number of benzene rings is 2. The number of aliphatic hydroxyl groups excluding tert-OH is 1. The number of carbonyl (C=O) groups is 2. The standard InChI is InChI=1S/C23H20F2N4O4/c1-29-23(26-27-28-29)20(11-10-18(30)12-19(31)13-21(32)33)22(14-2-6-16(24)7-3-14)15-4-8-17(25)9-5-15/h2-11,18,30H,12-13H2,1H3,(H,32,33)/b11-10+. The number of aryl methyl sites for hydroxylation is 1. The van der Waals surface area contributed by atoms with Gasteiger partial charge in [-0.25, -0.2) is 13.5 Å². The molecule has 1 unspecified atom stereocenters. The molecule has 170 valence electrons. The number of ketones is 1. The molecule has 8 nitrogen and oxygen atoms in total. The van der Waals surface area contributed by atoms with Gasteiger partial charge in [-0.1, -0.05) is 36.4 Å². The van der Waals surface area contributed by atoms with E-state index in [0.29, 0.717) is 28.1 Å². The van der Waals surface area contributed by atoms with Gasteiger partial charge in [0.05, 0.1) is 6.10 Å². The van der Waals surface area contributed by atoms with Crippen molar-refractivity contribution in [3.05, 3.63) is 89.3 Å². The molecule has 2 N–H and O–H groups in total. The van der Waals surface area contributed by atoms with Crippen LogP contribution in [-0.2, 0) is 16.6 Å². The minimum Gasteiger partial charge on any atom is -0.481 e. The van der Waals surface area contributed by atoms with Crippen molar-refractivity contribution < 1.29 is 28.6 Å². The van der Waals surface area contributed by atoms with Gasteiger partial charge in [0.25, 0.3) is 0 Å². The Labute approximate surface area is 187 Å². The topological polar surface area (TPSA) is 118 Å². The van der Waals surface area contributed by atoms with E-state index < -0.39 is 42.3 Å². The number of allylic oxidation sites excluding steroid dienone is 2. The highest BCUT2D eigenvalue weighted by Gasteiger charge is 2.18. The molecule has 33 heavy (non-hydrogen) atoms. The van der Waals surface area contributed by atoms with E-state index in [1.54, 1.807) is 31.3 Å². The molecule has 3 rings (SSSR count). The summed E-state index contributed by atoms with van der Waals surface area (Å²) in [5.74, 6) is -2.51. The fraction of sp³-hybridized carbons (Fsp3) is 0.174.